The summed E-state index contributed by atoms with van der Waals surface area (Å²) in [5, 5.41) is 5.93. The minimum atomic E-state index is -0.526. The van der Waals surface area contributed by atoms with Crippen molar-refractivity contribution in [1.29, 1.82) is 0 Å². The third kappa shape index (κ3) is 5.72. The number of hydrogen-bond donors (Lipinski definition) is 2. The highest BCUT2D eigenvalue weighted by Gasteiger charge is 2.17. The van der Waals surface area contributed by atoms with Crippen LogP contribution in [0, 0.1) is 3.57 Å². The van der Waals surface area contributed by atoms with E-state index in [1.807, 2.05) is 51.1 Å². The molecule has 0 aliphatic rings. The lowest BCUT2D eigenvalue weighted by molar-refractivity contribution is 0.00694. The third-order valence-corrected chi connectivity index (χ3v) is 4.21. The lowest BCUT2D eigenvalue weighted by atomic mass is 10.1. The number of rotatable bonds is 5. The van der Waals surface area contributed by atoms with Crippen molar-refractivity contribution in [2.24, 2.45) is 0 Å². The first-order chi connectivity index (χ1) is 12.2. The molecule has 2 N–H and O–H groups in total. The molecule has 0 heterocycles. The maximum atomic E-state index is 12.5. The summed E-state index contributed by atoms with van der Waals surface area (Å²) in [6, 6.07) is 12.7. The van der Waals surface area contributed by atoms with Gasteiger partial charge in [-0.05, 0) is 79.3 Å². The molecule has 0 radical (unpaired) electrons. The Morgan fingerprint density at radius 3 is 2.31 bits per heavy atom. The van der Waals surface area contributed by atoms with Crippen molar-refractivity contribution in [1.82, 2.24) is 5.32 Å². The standard InChI is InChI=1S/C20H23IN2O3/c1-20(2,3)26-19(25)14-7-5-13(6-8-14)12-23-18(24)16-11-15(21)9-10-17(16)22-4/h5-11,22H,12H2,1-4H3,(H,23,24). The molecule has 0 aliphatic heterocycles. The van der Waals surface area contributed by atoms with Crippen LogP contribution >= 0.6 is 22.6 Å². The Morgan fingerprint density at radius 2 is 1.73 bits per heavy atom. The van der Waals surface area contributed by atoms with Crippen LogP contribution in [0.4, 0.5) is 5.69 Å². The van der Waals surface area contributed by atoms with Crippen molar-refractivity contribution in [3.8, 4) is 0 Å². The summed E-state index contributed by atoms with van der Waals surface area (Å²) < 4.78 is 6.33. The van der Waals surface area contributed by atoms with Crippen LogP contribution in [0.5, 0.6) is 0 Å². The summed E-state index contributed by atoms with van der Waals surface area (Å²) in [7, 11) is 1.79. The number of nitrogens with one attached hydrogen (secondary N) is 2. The second kappa shape index (κ2) is 8.53. The molecule has 6 heteroatoms. The van der Waals surface area contributed by atoms with Crippen LogP contribution in [-0.4, -0.2) is 24.5 Å². The molecule has 0 spiro atoms. The van der Waals surface area contributed by atoms with E-state index in [2.05, 4.69) is 33.2 Å². The topological polar surface area (TPSA) is 67.4 Å². The molecular formula is C20H23IN2O3. The summed E-state index contributed by atoms with van der Waals surface area (Å²) in [6.45, 7) is 5.87. The van der Waals surface area contributed by atoms with E-state index in [1.54, 1.807) is 19.2 Å². The van der Waals surface area contributed by atoms with Crippen molar-refractivity contribution < 1.29 is 14.3 Å². The zero-order valence-corrected chi connectivity index (χ0v) is 17.5. The molecule has 2 aromatic carbocycles. The van der Waals surface area contributed by atoms with E-state index in [0.29, 0.717) is 17.7 Å². The zero-order chi connectivity index (χ0) is 19.3. The van der Waals surface area contributed by atoms with Crippen LogP contribution in [0.1, 0.15) is 47.1 Å². The minimum Gasteiger partial charge on any atom is -0.456 e. The molecule has 2 aromatic rings. The molecule has 0 aromatic heterocycles. The number of benzene rings is 2. The van der Waals surface area contributed by atoms with Gasteiger partial charge >= 0.3 is 5.97 Å². The van der Waals surface area contributed by atoms with Gasteiger partial charge in [-0.3, -0.25) is 4.79 Å². The SMILES string of the molecule is CNc1ccc(I)cc1C(=O)NCc1ccc(C(=O)OC(C)(C)C)cc1. The van der Waals surface area contributed by atoms with Gasteiger partial charge < -0.3 is 15.4 Å². The smallest absolute Gasteiger partial charge is 0.338 e. The molecule has 0 unspecified atom stereocenters. The maximum Gasteiger partial charge on any atom is 0.338 e. The lowest BCUT2D eigenvalue weighted by Gasteiger charge is -2.19. The van der Waals surface area contributed by atoms with E-state index < -0.39 is 5.60 Å². The van der Waals surface area contributed by atoms with Gasteiger partial charge in [0, 0.05) is 22.8 Å². The monoisotopic (exact) mass is 466 g/mol. The Bertz CT molecular complexity index is 796. The van der Waals surface area contributed by atoms with E-state index in [9.17, 15) is 9.59 Å². The van der Waals surface area contributed by atoms with E-state index in [4.69, 9.17) is 4.74 Å². The van der Waals surface area contributed by atoms with Crippen molar-refractivity contribution in [3.63, 3.8) is 0 Å². The highest BCUT2D eigenvalue weighted by atomic mass is 127. The van der Waals surface area contributed by atoms with Gasteiger partial charge in [0.25, 0.3) is 5.91 Å². The van der Waals surface area contributed by atoms with Gasteiger partial charge in [0.1, 0.15) is 5.60 Å². The second-order valence-corrected chi connectivity index (χ2v) is 8.07. The highest BCUT2D eigenvalue weighted by Crippen LogP contribution is 2.18. The minimum absolute atomic E-state index is 0.149. The maximum absolute atomic E-state index is 12.5. The van der Waals surface area contributed by atoms with Gasteiger partial charge in [-0.1, -0.05) is 12.1 Å². The van der Waals surface area contributed by atoms with E-state index in [-0.39, 0.29) is 11.9 Å². The summed E-state index contributed by atoms with van der Waals surface area (Å²) in [5.41, 5.74) is 2.25. The van der Waals surface area contributed by atoms with Crippen molar-refractivity contribution in [2.75, 3.05) is 12.4 Å². The zero-order valence-electron chi connectivity index (χ0n) is 15.4. The van der Waals surface area contributed by atoms with Crippen LogP contribution in [0.15, 0.2) is 42.5 Å². The summed E-state index contributed by atoms with van der Waals surface area (Å²) in [6.07, 6.45) is 0. The predicted octanol–water partition coefficient (Wildman–Crippen LogP) is 4.22. The average Bonchev–Trinajstić information content (AvgIpc) is 2.58. The molecule has 138 valence electrons. The number of hydrogen-bond acceptors (Lipinski definition) is 4. The van der Waals surface area contributed by atoms with Gasteiger partial charge in [0.15, 0.2) is 0 Å². The number of esters is 1. The number of carbonyl (C=O) groups excluding carboxylic acids is 2. The molecule has 0 atom stereocenters. The molecule has 26 heavy (non-hydrogen) atoms. The molecule has 2 rings (SSSR count). The van der Waals surface area contributed by atoms with Gasteiger partial charge in [-0.2, -0.15) is 0 Å². The quantitative estimate of drug-likeness (QED) is 0.512. The molecule has 0 fully saturated rings. The summed E-state index contributed by atoms with van der Waals surface area (Å²) in [5.74, 6) is -0.505. The van der Waals surface area contributed by atoms with E-state index in [0.717, 1.165) is 14.8 Å². The van der Waals surface area contributed by atoms with Crippen LogP contribution in [0.2, 0.25) is 0 Å². The van der Waals surface area contributed by atoms with Crippen LogP contribution in [0.3, 0.4) is 0 Å². The molecular weight excluding hydrogens is 443 g/mol. The van der Waals surface area contributed by atoms with Gasteiger partial charge in [0.05, 0.1) is 11.1 Å². The lowest BCUT2D eigenvalue weighted by Crippen LogP contribution is -2.24. The fourth-order valence-corrected chi connectivity index (χ4v) is 2.79. The fourth-order valence-electron chi connectivity index (χ4n) is 2.30. The Hall–Kier alpha value is -2.09. The first kappa shape index (κ1) is 20.2. The highest BCUT2D eigenvalue weighted by molar-refractivity contribution is 14.1. The molecule has 5 nitrogen and oxygen atoms in total. The number of carbonyl (C=O) groups is 2. The molecule has 1 amide bonds. The Morgan fingerprint density at radius 1 is 1.08 bits per heavy atom. The van der Waals surface area contributed by atoms with Crippen molar-refractivity contribution in [2.45, 2.75) is 32.9 Å². The van der Waals surface area contributed by atoms with Crippen LogP contribution in [0.25, 0.3) is 0 Å². The van der Waals surface area contributed by atoms with Crippen LogP contribution in [-0.2, 0) is 11.3 Å². The Labute approximate surface area is 167 Å². The van der Waals surface area contributed by atoms with Gasteiger partial charge in [-0.25, -0.2) is 4.79 Å². The summed E-state index contributed by atoms with van der Waals surface area (Å²) >= 11 is 2.18. The van der Waals surface area contributed by atoms with Crippen molar-refractivity contribution >= 4 is 40.2 Å². The molecule has 0 saturated heterocycles. The third-order valence-electron chi connectivity index (χ3n) is 3.54. The normalized spacial score (nSPS) is 11.0. The fraction of sp³-hybridized carbons (Fsp3) is 0.300. The summed E-state index contributed by atoms with van der Waals surface area (Å²) in [4.78, 5) is 24.5. The molecule has 0 saturated carbocycles. The van der Waals surface area contributed by atoms with Crippen LogP contribution < -0.4 is 10.6 Å². The number of ether oxygens (including phenoxy) is 1. The number of anilines is 1. The number of halogens is 1. The Balaban J connectivity index is 2.01. The van der Waals surface area contributed by atoms with Gasteiger partial charge in [-0.15, -0.1) is 0 Å². The average molecular weight is 466 g/mol. The van der Waals surface area contributed by atoms with E-state index in [1.165, 1.54) is 0 Å². The first-order valence-corrected chi connectivity index (χ1v) is 9.35. The predicted molar refractivity (Wildman–Crippen MR) is 111 cm³/mol. The largest absolute Gasteiger partial charge is 0.456 e. The van der Waals surface area contributed by atoms with E-state index >= 15 is 0 Å². The Kier molecular flexibility index (Phi) is 6.63. The van der Waals surface area contributed by atoms with Gasteiger partial charge in [0.2, 0.25) is 0 Å². The molecule has 0 bridgehead atoms. The molecule has 0 aliphatic carbocycles. The first-order valence-electron chi connectivity index (χ1n) is 8.27. The van der Waals surface area contributed by atoms with Crippen molar-refractivity contribution in [3.05, 3.63) is 62.7 Å². The second-order valence-electron chi connectivity index (χ2n) is 6.82. The number of amides is 1.